The van der Waals surface area contributed by atoms with Crippen LogP contribution in [0.5, 0.6) is 11.5 Å². The smallest absolute Gasteiger partial charge is 0.424 e. The van der Waals surface area contributed by atoms with Gasteiger partial charge in [-0.25, -0.2) is 9.37 Å². The lowest BCUT2D eigenvalue weighted by atomic mass is 9.95. The lowest BCUT2D eigenvalue weighted by Gasteiger charge is -2.31. The van der Waals surface area contributed by atoms with Crippen molar-refractivity contribution >= 4 is 17.5 Å². The molecular weight excluding hydrogens is 530 g/mol. The van der Waals surface area contributed by atoms with Crippen LogP contribution in [-0.4, -0.2) is 41.9 Å². The Labute approximate surface area is 220 Å². The maximum absolute atomic E-state index is 14.2. The Morgan fingerprint density at radius 2 is 1.89 bits per heavy atom. The van der Waals surface area contributed by atoms with Gasteiger partial charge in [-0.05, 0) is 66.9 Å². The van der Waals surface area contributed by atoms with Crippen LogP contribution in [0.1, 0.15) is 34.5 Å². The number of alkyl halides is 3. The normalized spacial score (nSPS) is 15.1. The number of benzene rings is 2. The van der Waals surface area contributed by atoms with Gasteiger partial charge in [0.15, 0.2) is 11.5 Å². The molecule has 12 heteroatoms. The average Bonchev–Trinajstić information content (AvgIpc) is 3.72. The van der Waals surface area contributed by atoms with Crippen molar-refractivity contribution in [3.8, 4) is 22.8 Å². The van der Waals surface area contributed by atoms with Gasteiger partial charge >= 0.3 is 6.18 Å². The van der Waals surface area contributed by atoms with Gasteiger partial charge < -0.3 is 25.6 Å². The Morgan fingerprint density at radius 3 is 2.50 bits per heavy atom. The van der Waals surface area contributed by atoms with E-state index in [-0.39, 0.29) is 45.8 Å². The van der Waals surface area contributed by atoms with Crippen LogP contribution in [-0.2, 0) is 12.1 Å². The molecule has 4 rings (SSSR count). The number of amides is 1. The van der Waals surface area contributed by atoms with Gasteiger partial charge in [-0.2, -0.15) is 13.2 Å². The summed E-state index contributed by atoms with van der Waals surface area (Å²) in [7, 11) is 1.38. The molecule has 0 bridgehead atoms. The van der Waals surface area contributed by atoms with Crippen molar-refractivity contribution < 1.29 is 36.9 Å². The van der Waals surface area contributed by atoms with Crippen LogP contribution in [0, 0.1) is 5.82 Å². The minimum absolute atomic E-state index is 0.000155. The highest BCUT2D eigenvalue weighted by Gasteiger charge is 2.56. The Bertz CT molecular complexity index is 1350. The summed E-state index contributed by atoms with van der Waals surface area (Å²) < 4.78 is 67.3. The number of ether oxygens (including phenoxy) is 2. The third-order valence-corrected chi connectivity index (χ3v) is 6.27. The number of methoxy groups -OCH3 is 1. The molecule has 0 spiro atoms. The van der Waals surface area contributed by atoms with E-state index in [9.17, 15) is 27.5 Å². The summed E-state index contributed by atoms with van der Waals surface area (Å²) in [6, 6.07) is 10.1. The molecule has 7 nitrogen and oxygen atoms in total. The first-order valence-corrected chi connectivity index (χ1v) is 11.9. The molecule has 1 unspecified atom stereocenters. The maximum atomic E-state index is 14.2. The molecular formula is C26H24ClF4N3O4. The summed E-state index contributed by atoms with van der Waals surface area (Å²) in [4.78, 5) is 16.8. The number of aromatic nitrogens is 1. The van der Waals surface area contributed by atoms with Crippen molar-refractivity contribution in [2.24, 2.45) is 5.73 Å². The first-order chi connectivity index (χ1) is 17.9. The molecule has 1 saturated carbocycles. The lowest BCUT2D eigenvalue weighted by Crippen LogP contribution is -2.51. The number of carbonyl (C=O) groups is 1. The van der Waals surface area contributed by atoms with Crippen LogP contribution in [0.2, 0.25) is 5.02 Å². The van der Waals surface area contributed by atoms with Crippen molar-refractivity contribution in [3.05, 3.63) is 76.2 Å². The van der Waals surface area contributed by atoms with E-state index in [1.165, 1.54) is 43.5 Å². The molecule has 2 aromatic carbocycles. The molecule has 0 saturated heterocycles. The molecule has 202 valence electrons. The minimum Gasteiger partial charge on any atom is -0.493 e. The van der Waals surface area contributed by atoms with Crippen molar-refractivity contribution in [1.82, 2.24) is 10.3 Å². The summed E-state index contributed by atoms with van der Waals surface area (Å²) in [6.45, 7) is -1.42. The zero-order chi connectivity index (χ0) is 27.7. The maximum Gasteiger partial charge on any atom is 0.424 e. The Balaban J connectivity index is 1.63. The van der Waals surface area contributed by atoms with E-state index in [0.717, 1.165) is 25.0 Å². The zero-order valence-corrected chi connectivity index (χ0v) is 20.9. The molecule has 1 aliphatic rings. The van der Waals surface area contributed by atoms with E-state index < -0.39 is 35.7 Å². The number of hydrogen-bond acceptors (Lipinski definition) is 6. The number of nitrogens with zero attached hydrogens (tertiary/aromatic N) is 1. The largest absolute Gasteiger partial charge is 0.493 e. The predicted molar refractivity (Wildman–Crippen MR) is 131 cm³/mol. The van der Waals surface area contributed by atoms with Crippen molar-refractivity contribution in [2.75, 3.05) is 13.7 Å². The van der Waals surface area contributed by atoms with Crippen LogP contribution >= 0.6 is 11.6 Å². The highest BCUT2D eigenvalue weighted by atomic mass is 35.5. The van der Waals surface area contributed by atoms with Crippen LogP contribution in [0.4, 0.5) is 17.6 Å². The molecule has 0 radical (unpaired) electrons. The van der Waals surface area contributed by atoms with Crippen molar-refractivity contribution in [3.63, 3.8) is 0 Å². The van der Waals surface area contributed by atoms with E-state index in [2.05, 4.69) is 10.3 Å². The number of pyridine rings is 1. The van der Waals surface area contributed by atoms with E-state index in [1.54, 1.807) is 0 Å². The van der Waals surface area contributed by atoms with E-state index in [4.69, 9.17) is 26.8 Å². The van der Waals surface area contributed by atoms with Crippen molar-refractivity contribution in [1.29, 1.82) is 0 Å². The molecule has 1 amide bonds. The SMILES string of the molecule is COc1cc(C(=O)NCC(O)(c2cc(CN)cc(-c3ccc(F)c(Cl)c3)n2)C(F)(F)F)ccc1OC1CC1. The predicted octanol–water partition coefficient (Wildman–Crippen LogP) is 4.73. The Hall–Kier alpha value is -3.41. The summed E-state index contributed by atoms with van der Waals surface area (Å²) in [5, 5.41) is 12.8. The fourth-order valence-corrected chi connectivity index (χ4v) is 3.82. The third-order valence-electron chi connectivity index (χ3n) is 5.98. The fraction of sp³-hybridized carbons (Fsp3) is 0.308. The second kappa shape index (κ2) is 10.8. The van der Waals surface area contributed by atoms with Gasteiger partial charge in [0.2, 0.25) is 5.60 Å². The zero-order valence-electron chi connectivity index (χ0n) is 20.1. The second-order valence-electron chi connectivity index (χ2n) is 8.80. The van der Waals surface area contributed by atoms with Crippen LogP contribution in [0.25, 0.3) is 11.3 Å². The van der Waals surface area contributed by atoms with Crippen LogP contribution in [0.3, 0.4) is 0 Å². The van der Waals surface area contributed by atoms with E-state index >= 15 is 0 Å². The highest BCUT2D eigenvalue weighted by molar-refractivity contribution is 6.31. The van der Waals surface area contributed by atoms with Crippen molar-refractivity contribution in [2.45, 2.75) is 37.3 Å². The Kier molecular flexibility index (Phi) is 7.82. The number of nitrogens with one attached hydrogen (secondary N) is 1. The fourth-order valence-electron chi connectivity index (χ4n) is 3.64. The van der Waals surface area contributed by atoms with Gasteiger partial charge in [0.05, 0.1) is 36.2 Å². The standard InChI is InChI=1S/C26H24ClF4N3O4/c1-37-22-11-16(3-7-21(22)38-17-4-5-17)24(35)33-13-25(36,26(29,30)31)23-9-14(12-32)8-20(34-23)15-2-6-19(28)18(27)10-15/h2-3,6-11,17,36H,4-5,12-13,32H2,1H3,(H,33,35). The number of hydrogen-bond donors (Lipinski definition) is 3. The first-order valence-electron chi connectivity index (χ1n) is 11.5. The lowest BCUT2D eigenvalue weighted by molar-refractivity contribution is -0.265. The van der Waals surface area contributed by atoms with Gasteiger partial charge in [-0.3, -0.25) is 4.79 Å². The molecule has 1 aromatic heterocycles. The summed E-state index contributed by atoms with van der Waals surface area (Å²) in [5.74, 6) is -0.946. The number of nitrogens with two attached hydrogens (primary N) is 1. The van der Waals surface area contributed by atoms with Gasteiger partial charge in [-0.15, -0.1) is 0 Å². The molecule has 4 N–H and O–H groups in total. The number of carbonyl (C=O) groups excluding carboxylic acids is 1. The molecule has 0 aliphatic heterocycles. The van der Waals surface area contributed by atoms with Gasteiger partial charge in [0.25, 0.3) is 5.91 Å². The molecule has 1 fully saturated rings. The first kappa shape index (κ1) is 27.6. The van der Waals surface area contributed by atoms with Gasteiger partial charge in [0.1, 0.15) is 5.82 Å². The average molecular weight is 554 g/mol. The molecule has 38 heavy (non-hydrogen) atoms. The molecule has 1 heterocycles. The van der Waals surface area contributed by atoms with Crippen LogP contribution < -0.4 is 20.5 Å². The third kappa shape index (κ3) is 5.85. The molecule has 1 aliphatic carbocycles. The molecule has 3 aromatic rings. The minimum atomic E-state index is -5.24. The summed E-state index contributed by atoms with van der Waals surface area (Å²) in [5.41, 5.74) is 1.71. The van der Waals surface area contributed by atoms with E-state index in [0.29, 0.717) is 5.75 Å². The van der Waals surface area contributed by atoms with E-state index in [1.807, 2.05) is 0 Å². The quantitative estimate of drug-likeness (QED) is 0.331. The van der Waals surface area contributed by atoms with Gasteiger partial charge in [-0.1, -0.05) is 11.6 Å². The summed E-state index contributed by atoms with van der Waals surface area (Å²) >= 11 is 5.82. The highest BCUT2D eigenvalue weighted by Crippen LogP contribution is 2.39. The van der Waals surface area contributed by atoms with Gasteiger partial charge in [0, 0.05) is 17.7 Å². The number of halogens is 5. The summed E-state index contributed by atoms with van der Waals surface area (Å²) in [6.07, 6.45) is -3.37. The molecule has 1 atom stereocenters. The number of rotatable bonds is 9. The second-order valence-corrected chi connectivity index (χ2v) is 9.21. The monoisotopic (exact) mass is 553 g/mol. The number of aliphatic hydroxyl groups is 1. The topological polar surface area (TPSA) is 107 Å². The Morgan fingerprint density at radius 1 is 1.16 bits per heavy atom. The van der Waals surface area contributed by atoms with Crippen LogP contribution in [0.15, 0.2) is 48.5 Å².